The Morgan fingerprint density at radius 2 is 1.52 bits per heavy atom. The number of hydrogen-bond donors (Lipinski definition) is 2. The predicted octanol–water partition coefficient (Wildman–Crippen LogP) is 1.86. The smallest absolute Gasteiger partial charge is 0.261 e. The second kappa shape index (κ2) is 5.58. The van der Waals surface area contributed by atoms with Crippen molar-refractivity contribution >= 4 is 21.6 Å². The van der Waals surface area contributed by atoms with Gasteiger partial charge >= 0.3 is 0 Å². The lowest BCUT2D eigenvalue weighted by atomic mass is 10.2. The van der Waals surface area contributed by atoms with Gasteiger partial charge < -0.3 is 5.32 Å². The molecule has 110 valence electrons. The van der Waals surface area contributed by atoms with Gasteiger partial charge in [0.05, 0.1) is 4.90 Å². The largest absolute Gasteiger partial charge is 0.322 e. The van der Waals surface area contributed by atoms with E-state index in [0.29, 0.717) is 0 Å². The minimum absolute atomic E-state index is 0.141. The van der Waals surface area contributed by atoms with Gasteiger partial charge in [0, 0.05) is 5.69 Å². The van der Waals surface area contributed by atoms with Crippen molar-refractivity contribution in [2.75, 3.05) is 5.32 Å². The van der Waals surface area contributed by atoms with Crippen LogP contribution in [-0.4, -0.2) is 14.3 Å². The number of primary sulfonamides is 1. The molecule has 0 spiro atoms. The molecule has 1 amide bonds. The number of benzene rings is 2. The van der Waals surface area contributed by atoms with Crippen LogP contribution in [0.3, 0.4) is 0 Å². The summed E-state index contributed by atoms with van der Waals surface area (Å²) in [5, 5.41) is 7.19. The minimum Gasteiger partial charge on any atom is -0.322 e. The summed E-state index contributed by atoms with van der Waals surface area (Å²) in [7, 11) is -3.85. The highest BCUT2D eigenvalue weighted by Gasteiger charge is 2.17. The third kappa shape index (κ3) is 3.41. The van der Waals surface area contributed by atoms with Crippen molar-refractivity contribution in [3.05, 3.63) is 59.7 Å². The van der Waals surface area contributed by atoms with Crippen LogP contribution in [0, 0.1) is 11.6 Å². The zero-order chi connectivity index (χ0) is 15.6. The summed E-state index contributed by atoms with van der Waals surface area (Å²) in [6, 6.07) is 7.92. The number of hydrogen-bond acceptors (Lipinski definition) is 3. The summed E-state index contributed by atoms with van der Waals surface area (Å²) in [4.78, 5) is 11.7. The monoisotopic (exact) mass is 312 g/mol. The van der Waals surface area contributed by atoms with Crippen molar-refractivity contribution < 1.29 is 22.0 Å². The lowest BCUT2D eigenvalue weighted by Crippen LogP contribution is -2.16. The summed E-state index contributed by atoms with van der Waals surface area (Å²) in [6.07, 6.45) is 0. The lowest BCUT2D eigenvalue weighted by Gasteiger charge is -2.07. The molecule has 0 atom stereocenters. The Morgan fingerprint density at radius 3 is 2.00 bits per heavy atom. The van der Waals surface area contributed by atoms with Crippen LogP contribution in [0.5, 0.6) is 0 Å². The fraction of sp³-hybridized carbons (Fsp3) is 0. The van der Waals surface area contributed by atoms with Gasteiger partial charge in [-0.05, 0) is 36.4 Å². The molecule has 0 unspecified atom stereocenters. The van der Waals surface area contributed by atoms with E-state index >= 15 is 0 Å². The molecular weight excluding hydrogens is 302 g/mol. The Hall–Kier alpha value is -2.32. The molecule has 0 aliphatic rings. The highest BCUT2D eigenvalue weighted by Crippen LogP contribution is 2.17. The number of anilines is 1. The van der Waals surface area contributed by atoms with E-state index in [9.17, 15) is 22.0 Å². The average Bonchev–Trinajstić information content (AvgIpc) is 2.38. The van der Waals surface area contributed by atoms with Crippen LogP contribution < -0.4 is 10.5 Å². The van der Waals surface area contributed by atoms with Gasteiger partial charge in [-0.3, -0.25) is 4.79 Å². The Balaban J connectivity index is 2.24. The highest BCUT2D eigenvalue weighted by molar-refractivity contribution is 7.89. The molecule has 2 aromatic carbocycles. The van der Waals surface area contributed by atoms with E-state index in [2.05, 4.69) is 5.32 Å². The Morgan fingerprint density at radius 1 is 1.00 bits per heavy atom. The molecule has 2 rings (SSSR count). The number of amides is 1. The van der Waals surface area contributed by atoms with Crippen LogP contribution in [0.1, 0.15) is 10.4 Å². The van der Waals surface area contributed by atoms with Crippen molar-refractivity contribution in [1.82, 2.24) is 0 Å². The number of sulfonamides is 1. The van der Waals surface area contributed by atoms with Crippen molar-refractivity contribution in [2.24, 2.45) is 5.14 Å². The number of nitrogens with one attached hydrogen (secondary N) is 1. The van der Waals surface area contributed by atoms with E-state index in [1.165, 1.54) is 24.3 Å². The van der Waals surface area contributed by atoms with Crippen LogP contribution in [0.4, 0.5) is 14.5 Å². The van der Waals surface area contributed by atoms with Gasteiger partial charge in [-0.2, -0.15) is 0 Å². The summed E-state index contributed by atoms with van der Waals surface area (Å²) in [5.74, 6) is -2.96. The number of carbonyl (C=O) groups is 1. The molecule has 0 saturated carbocycles. The van der Waals surface area contributed by atoms with E-state index in [4.69, 9.17) is 5.14 Å². The number of nitrogens with two attached hydrogens (primary N) is 1. The second-order valence-corrected chi connectivity index (χ2v) is 5.68. The summed E-state index contributed by atoms with van der Waals surface area (Å²) < 4.78 is 49.0. The SMILES string of the molecule is NS(=O)(=O)c1ccc(NC(=O)c2c(F)cccc2F)cc1. The summed E-state index contributed by atoms with van der Waals surface area (Å²) in [6.45, 7) is 0. The van der Waals surface area contributed by atoms with Crippen LogP contribution >= 0.6 is 0 Å². The lowest BCUT2D eigenvalue weighted by molar-refractivity contribution is 0.101. The van der Waals surface area contributed by atoms with E-state index in [1.807, 2.05) is 0 Å². The number of carbonyl (C=O) groups excluding carboxylic acids is 1. The first-order valence-corrected chi connectivity index (χ1v) is 7.22. The summed E-state index contributed by atoms with van der Waals surface area (Å²) >= 11 is 0. The van der Waals surface area contributed by atoms with Gasteiger partial charge in [-0.1, -0.05) is 6.07 Å². The molecular formula is C13H10F2N2O3S. The molecule has 0 aliphatic carbocycles. The minimum atomic E-state index is -3.85. The third-order valence-corrected chi connectivity index (χ3v) is 3.56. The fourth-order valence-electron chi connectivity index (χ4n) is 1.64. The first kappa shape index (κ1) is 15.1. The molecule has 8 heteroatoms. The molecule has 3 N–H and O–H groups in total. The van der Waals surface area contributed by atoms with Gasteiger partial charge in [-0.25, -0.2) is 22.3 Å². The first-order chi connectivity index (χ1) is 9.79. The van der Waals surface area contributed by atoms with Crippen LogP contribution in [0.25, 0.3) is 0 Å². The maximum Gasteiger partial charge on any atom is 0.261 e. The molecule has 0 aliphatic heterocycles. The number of halogens is 2. The topological polar surface area (TPSA) is 89.3 Å². The van der Waals surface area contributed by atoms with Gasteiger partial charge in [-0.15, -0.1) is 0 Å². The van der Waals surface area contributed by atoms with Crippen LogP contribution in [0.2, 0.25) is 0 Å². The molecule has 2 aromatic rings. The zero-order valence-electron chi connectivity index (χ0n) is 10.5. The molecule has 5 nitrogen and oxygen atoms in total. The quantitative estimate of drug-likeness (QED) is 0.906. The molecule has 0 aromatic heterocycles. The summed E-state index contributed by atoms with van der Waals surface area (Å²) in [5.41, 5.74) is -0.539. The van der Waals surface area contributed by atoms with Crippen molar-refractivity contribution in [2.45, 2.75) is 4.90 Å². The Labute approximate surface area is 119 Å². The molecule has 0 radical (unpaired) electrons. The molecule has 0 saturated heterocycles. The highest BCUT2D eigenvalue weighted by atomic mass is 32.2. The molecule has 0 bridgehead atoms. The van der Waals surface area contributed by atoms with Crippen molar-refractivity contribution in [3.8, 4) is 0 Å². The predicted molar refractivity (Wildman–Crippen MR) is 72.1 cm³/mol. The fourth-order valence-corrected chi connectivity index (χ4v) is 2.15. The maximum absolute atomic E-state index is 13.4. The van der Waals surface area contributed by atoms with E-state index in [1.54, 1.807) is 0 Å². The van der Waals surface area contributed by atoms with Gasteiger partial charge in [0.25, 0.3) is 5.91 Å². The van der Waals surface area contributed by atoms with Crippen molar-refractivity contribution in [1.29, 1.82) is 0 Å². The van der Waals surface area contributed by atoms with Crippen LogP contribution in [0.15, 0.2) is 47.4 Å². The average molecular weight is 312 g/mol. The van der Waals surface area contributed by atoms with Gasteiger partial charge in [0.1, 0.15) is 17.2 Å². The van der Waals surface area contributed by atoms with E-state index in [0.717, 1.165) is 18.2 Å². The van der Waals surface area contributed by atoms with Gasteiger partial charge in [0.15, 0.2) is 0 Å². The molecule has 0 heterocycles. The molecule has 21 heavy (non-hydrogen) atoms. The Kier molecular flexibility index (Phi) is 4.01. The van der Waals surface area contributed by atoms with E-state index in [-0.39, 0.29) is 10.6 Å². The first-order valence-electron chi connectivity index (χ1n) is 5.67. The standard InChI is InChI=1S/C13H10F2N2O3S/c14-10-2-1-3-11(15)12(10)13(18)17-8-4-6-9(7-5-8)21(16,19)20/h1-7H,(H,17,18)(H2,16,19,20). The zero-order valence-corrected chi connectivity index (χ0v) is 11.3. The number of rotatable bonds is 3. The van der Waals surface area contributed by atoms with Crippen LogP contribution in [-0.2, 0) is 10.0 Å². The third-order valence-electron chi connectivity index (χ3n) is 2.63. The van der Waals surface area contributed by atoms with Gasteiger partial charge in [0.2, 0.25) is 10.0 Å². The van der Waals surface area contributed by atoms with Crippen molar-refractivity contribution in [3.63, 3.8) is 0 Å². The van der Waals surface area contributed by atoms with E-state index < -0.39 is 33.1 Å². The normalized spacial score (nSPS) is 11.2. The molecule has 0 fully saturated rings. The maximum atomic E-state index is 13.4. The second-order valence-electron chi connectivity index (χ2n) is 4.12. The Bertz CT molecular complexity index is 769.